The van der Waals surface area contributed by atoms with Crippen molar-refractivity contribution in [1.29, 1.82) is 0 Å². The fourth-order valence-corrected chi connectivity index (χ4v) is 3.75. The molecule has 3 heteroatoms. The Hall–Kier alpha value is -0.280. The maximum absolute atomic E-state index is 6.07. The summed E-state index contributed by atoms with van der Waals surface area (Å²) < 4.78 is 0. The van der Waals surface area contributed by atoms with Gasteiger partial charge in [0.15, 0.2) is 0 Å². The van der Waals surface area contributed by atoms with Crippen molar-refractivity contribution in [3.05, 3.63) is 29.8 Å². The Morgan fingerprint density at radius 3 is 2.11 bits per heavy atom. The molecule has 0 aromatic heterocycles. The van der Waals surface area contributed by atoms with E-state index in [1.165, 1.54) is 41.4 Å². The predicted molar refractivity (Wildman–Crippen MR) is 93.3 cm³/mol. The second-order valence-corrected chi connectivity index (χ2v) is 7.53. The molecule has 0 atom stereocenters. The number of nitrogen functional groups attached to an aromatic ring is 1. The predicted octanol–water partition coefficient (Wildman–Crippen LogP) is 4.71. The van der Waals surface area contributed by atoms with Crippen LogP contribution < -0.4 is 5.73 Å². The highest BCUT2D eigenvalue weighted by molar-refractivity contribution is 7.99. The topological polar surface area (TPSA) is 26.0 Å². The van der Waals surface area contributed by atoms with E-state index in [1.807, 2.05) is 12.1 Å². The van der Waals surface area contributed by atoms with Gasteiger partial charge in [0.2, 0.25) is 0 Å². The highest BCUT2D eigenvalue weighted by atomic mass is 32.2. The third kappa shape index (κ3) is 7.17. The van der Waals surface area contributed by atoms with Gasteiger partial charge in [-0.25, -0.2) is 0 Å². The molecule has 0 fully saturated rings. The second kappa shape index (κ2) is 10.5. The van der Waals surface area contributed by atoms with E-state index in [0.717, 1.165) is 18.0 Å². The zero-order chi connectivity index (χ0) is 13.9. The van der Waals surface area contributed by atoms with Crippen molar-refractivity contribution < 1.29 is 0 Å². The van der Waals surface area contributed by atoms with E-state index in [2.05, 4.69) is 49.5 Å². The highest BCUT2D eigenvalue weighted by Crippen LogP contribution is 2.23. The Balaban J connectivity index is 2.49. The molecule has 0 bridgehead atoms. The Labute approximate surface area is 127 Å². The van der Waals surface area contributed by atoms with E-state index in [9.17, 15) is 0 Å². The van der Waals surface area contributed by atoms with E-state index >= 15 is 0 Å². The molecule has 0 spiro atoms. The zero-order valence-corrected chi connectivity index (χ0v) is 13.9. The molecule has 1 aromatic rings. The van der Waals surface area contributed by atoms with Crippen molar-refractivity contribution in [2.75, 3.05) is 28.7 Å². The van der Waals surface area contributed by atoms with E-state index in [0.29, 0.717) is 0 Å². The molecule has 0 radical (unpaired) electrons. The minimum absolute atomic E-state index is 0.780. The molecule has 0 aliphatic heterocycles. The SMILES string of the molecule is CCSCCC(CCSCC)Cc1ccccc1N. The number of rotatable bonds is 10. The number of para-hydroxylation sites is 1. The first-order valence-electron chi connectivity index (χ1n) is 7.26. The average Bonchev–Trinajstić information content (AvgIpc) is 2.41. The van der Waals surface area contributed by atoms with Crippen LogP contribution in [0.15, 0.2) is 24.3 Å². The van der Waals surface area contributed by atoms with Gasteiger partial charge < -0.3 is 5.73 Å². The number of anilines is 1. The summed E-state index contributed by atoms with van der Waals surface area (Å²) in [4.78, 5) is 0. The molecule has 19 heavy (non-hydrogen) atoms. The third-order valence-corrected chi connectivity index (χ3v) is 5.18. The van der Waals surface area contributed by atoms with E-state index in [1.54, 1.807) is 0 Å². The van der Waals surface area contributed by atoms with Gasteiger partial charge in [0.1, 0.15) is 0 Å². The molecule has 0 aliphatic carbocycles. The van der Waals surface area contributed by atoms with Gasteiger partial charge in [0.05, 0.1) is 0 Å². The quantitative estimate of drug-likeness (QED) is 0.500. The molecule has 0 saturated heterocycles. The first-order chi connectivity index (χ1) is 9.27. The van der Waals surface area contributed by atoms with Gasteiger partial charge in [-0.3, -0.25) is 0 Å². The number of hydrogen-bond donors (Lipinski definition) is 1. The van der Waals surface area contributed by atoms with Crippen LogP contribution >= 0.6 is 23.5 Å². The van der Waals surface area contributed by atoms with Gasteiger partial charge in [-0.2, -0.15) is 23.5 Å². The third-order valence-electron chi connectivity index (χ3n) is 3.31. The van der Waals surface area contributed by atoms with Crippen molar-refractivity contribution in [1.82, 2.24) is 0 Å². The minimum atomic E-state index is 0.780. The Morgan fingerprint density at radius 1 is 1.00 bits per heavy atom. The van der Waals surface area contributed by atoms with Gasteiger partial charge in [-0.15, -0.1) is 0 Å². The van der Waals surface area contributed by atoms with Gasteiger partial charge in [0, 0.05) is 5.69 Å². The van der Waals surface area contributed by atoms with Crippen LogP contribution in [0.2, 0.25) is 0 Å². The molecular weight excluding hydrogens is 270 g/mol. The number of nitrogens with two attached hydrogens (primary N) is 1. The van der Waals surface area contributed by atoms with Gasteiger partial charge in [-0.1, -0.05) is 32.0 Å². The molecule has 0 amide bonds. The van der Waals surface area contributed by atoms with Crippen LogP contribution in [0.25, 0.3) is 0 Å². The summed E-state index contributed by atoms with van der Waals surface area (Å²) in [5, 5.41) is 0. The maximum atomic E-state index is 6.07. The summed E-state index contributed by atoms with van der Waals surface area (Å²) in [7, 11) is 0. The van der Waals surface area contributed by atoms with Crippen molar-refractivity contribution in [3.8, 4) is 0 Å². The van der Waals surface area contributed by atoms with Crippen LogP contribution in [0, 0.1) is 5.92 Å². The van der Waals surface area contributed by atoms with Crippen molar-refractivity contribution in [3.63, 3.8) is 0 Å². The normalized spacial score (nSPS) is 11.1. The summed E-state index contributed by atoms with van der Waals surface area (Å²) in [6, 6.07) is 8.33. The lowest BCUT2D eigenvalue weighted by Crippen LogP contribution is -2.09. The Bertz CT molecular complexity index is 331. The summed E-state index contributed by atoms with van der Waals surface area (Å²) >= 11 is 4.10. The van der Waals surface area contributed by atoms with Gasteiger partial charge >= 0.3 is 0 Å². The largest absolute Gasteiger partial charge is 0.399 e. The van der Waals surface area contributed by atoms with E-state index < -0.39 is 0 Å². The zero-order valence-electron chi connectivity index (χ0n) is 12.2. The molecular formula is C16H27NS2. The standard InChI is InChI=1S/C16H27NS2/c1-3-18-11-9-14(10-12-19-4-2)13-15-7-5-6-8-16(15)17/h5-8,14H,3-4,9-13,17H2,1-2H3. The number of benzene rings is 1. The molecule has 0 saturated carbocycles. The summed E-state index contributed by atoms with van der Waals surface area (Å²) in [5.41, 5.74) is 8.35. The minimum Gasteiger partial charge on any atom is -0.399 e. The lowest BCUT2D eigenvalue weighted by Gasteiger charge is -2.17. The molecule has 1 rings (SSSR count). The molecule has 0 aliphatic rings. The lowest BCUT2D eigenvalue weighted by molar-refractivity contribution is 0.499. The van der Waals surface area contributed by atoms with E-state index in [4.69, 9.17) is 5.73 Å². The molecule has 0 unspecified atom stereocenters. The molecule has 1 aromatic carbocycles. The Kier molecular flexibility index (Phi) is 9.27. The lowest BCUT2D eigenvalue weighted by atomic mass is 9.94. The van der Waals surface area contributed by atoms with Crippen molar-refractivity contribution in [2.24, 2.45) is 5.92 Å². The number of thioether (sulfide) groups is 2. The van der Waals surface area contributed by atoms with E-state index in [-0.39, 0.29) is 0 Å². The summed E-state index contributed by atoms with van der Waals surface area (Å²) in [6.45, 7) is 4.48. The Morgan fingerprint density at radius 2 is 1.58 bits per heavy atom. The first kappa shape index (κ1) is 16.8. The van der Waals surface area contributed by atoms with Crippen molar-refractivity contribution in [2.45, 2.75) is 33.1 Å². The second-order valence-electron chi connectivity index (χ2n) is 4.74. The average molecular weight is 298 g/mol. The number of hydrogen-bond acceptors (Lipinski definition) is 3. The van der Waals surface area contributed by atoms with Gasteiger partial charge in [-0.05, 0) is 59.8 Å². The highest BCUT2D eigenvalue weighted by Gasteiger charge is 2.11. The van der Waals surface area contributed by atoms with Crippen LogP contribution in [0.4, 0.5) is 5.69 Å². The monoisotopic (exact) mass is 297 g/mol. The summed E-state index contributed by atoms with van der Waals surface area (Å²) in [5.74, 6) is 5.80. The maximum Gasteiger partial charge on any atom is 0.0346 e. The first-order valence-corrected chi connectivity index (χ1v) is 9.57. The van der Waals surface area contributed by atoms with Crippen molar-refractivity contribution >= 4 is 29.2 Å². The van der Waals surface area contributed by atoms with Crippen LogP contribution in [-0.2, 0) is 6.42 Å². The van der Waals surface area contributed by atoms with Crippen LogP contribution in [0.3, 0.4) is 0 Å². The molecule has 2 N–H and O–H groups in total. The molecule has 108 valence electrons. The van der Waals surface area contributed by atoms with Crippen LogP contribution in [0.5, 0.6) is 0 Å². The van der Waals surface area contributed by atoms with Crippen LogP contribution in [-0.4, -0.2) is 23.0 Å². The summed E-state index contributed by atoms with van der Waals surface area (Å²) in [6.07, 6.45) is 3.77. The molecule has 1 nitrogen and oxygen atoms in total. The fraction of sp³-hybridized carbons (Fsp3) is 0.625. The smallest absolute Gasteiger partial charge is 0.0346 e. The van der Waals surface area contributed by atoms with Gasteiger partial charge in [0.25, 0.3) is 0 Å². The fourth-order valence-electron chi connectivity index (χ4n) is 2.17. The molecule has 0 heterocycles. The van der Waals surface area contributed by atoms with Crippen LogP contribution in [0.1, 0.15) is 32.3 Å².